The van der Waals surface area contributed by atoms with E-state index in [1.165, 1.54) is 89.9 Å². The highest BCUT2D eigenvalue weighted by molar-refractivity contribution is 5.77. The van der Waals surface area contributed by atoms with E-state index >= 15 is 0 Å². The van der Waals surface area contributed by atoms with E-state index < -0.39 is 18.2 Å². The molecule has 0 saturated carbocycles. The summed E-state index contributed by atoms with van der Waals surface area (Å²) in [6.45, 7) is 6.25. The predicted molar refractivity (Wildman–Crippen MR) is 287 cm³/mol. The minimum Gasteiger partial charge on any atom is -0.462 e. The molecule has 3 unspecified atom stereocenters. The van der Waals surface area contributed by atoms with Crippen molar-refractivity contribution >= 4 is 11.9 Å². The fourth-order valence-corrected chi connectivity index (χ4v) is 7.83. The zero-order valence-electron chi connectivity index (χ0n) is 43.0. The van der Waals surface area contributed by atoms with E-state index in [4.69, 9.17) is 4.74 Å². The third-order valence-electron chi connectivity index (χ3n) is 11.9. The Kier molecular flexibility index (Phi) is 50.2. The van der Waals surface area contributed by atoms with Crippen molar-refractivity contribution in [1.29, 1.82) is 0 Å². The first-order valence-corrected chi connectivity index (χ1v) is 27.5. The van der Waals surface area contributed by atoms with Crippen molar-refractivity contribution in [1.82, 2.24) is 5.32 Å². The highest BCUT2D eigenvalue weighted by atomic mass is 16.5. The summed E-state index contributed by atoms with van der Waals surface area (Å²) in [6.07, 6.45) is 70.4. The molecule has 0 bridgehead atoms. The summed E-state index contributed by atoms with van der Waals surface area (Å²) in [5.74, 6) is -0.548. The van der Waals surface area contributed by atoms with Gasteiger partial charge in [0, 0.05) is 6.42 Å². The Balaban J connectivity index is 4.72. The van der Waals surface area contributed by atoms with Gasteiger partial charge >= 0.3 is 5.97 Å². The van der Waals surface area contributed by atoms with E-state index in [9.17, 15) is 19.8 Å². The zero-order chi connectivity index (χ0) is 48.1. The monoisotopic (exact) mass is 918 g/mol. The summed E-state index contributed by atoms with van der Waals surface area (Å²) in [7, 11) is 0. The van der Waals surface area contributed by atoms with Crippen LogP contribution in [0.4, 0.5) is 0 Å². The molecule has 0 aromatic heterocycles. The molecule has 0 aliphatic carbocycles. The zero-order valence-corrected chi connectivity index (χ0v) is 43.0. The largest absolute Gasteiger partial charge is 0.462 e. The highest BCUT2D eigenvalue weighted by Crippen LogP contribution is 2.17. The lowest BCUT2D eigenvalue weighted by molar-refractivity contribution is -0.151. The number of nitrogens with one attached hydrogen (secondary N) is 1. The van der Waals surface area contributed by atoms with Gasteiger partial charge in [-0.15, -0.1) is 0 Å². The van der Waals surface area contributed by atoms with Crippen LogP contribution in [0.25, 0.3) is 0 Å². The minimum absolute atomic E-state index is 0.0283. The van der Waals surface area contributed by atoms with Crippen LogP contribution in [0.1, 0.15) is 245 Å². The first-order chi connectivity index (χ1) is 32.5. The Bertz CT molecular complexity index is 1310. The number of rotatable bonds is 48. The minimum atomic E-state index is -0.811. The van der Waals surface area contributed by atoms with Gasteiger partial charge in [0.2, 0.25) is 5.91 Å². The van der Waals surface area contributed by atoms with Crippen LogP contribution in [0.15, 0.2) is 97.2 Å². The summed E-state index contributed by atoms with van der Waals surface area (Å²) in [5, 5.41) is 23.8. The molecular weight excluding hydrogens is 815 g/mol. The van der Waals surface area contributed by atoms with Gasteiger partial charge in [0.1, 0.15) is 6.10 Å². The summed E-state index contributed by atoms with van der Waals surface area (Å²) < 4.78 is 5.92. The fraction of sp³-hybridized carbons (Fsp3) is 0.700. The second kappa shape index (κ2) is 52.7. The van der Waals surface area contributed by atoms with Crippen molar-refractivity contribution in [3.8, 4) is 0 Å². The van der Waals surface area contributed by atoms with Crippen LogP contribution in [0.3, 0.4) is 0 Å². The van der Waals surface area contributed by atoms with Crippen LogP contribution in [0, 0.1) is 0 Å². The molecule has 3 N–H and O–H groups in total. The Morgan fingerprint density at radius 1 is 0.455 bits per heavy atom. The lowest BCUT2D eigenvalue weighted by Gasteiger charge is -2.24. The number of hydrogen-bond acceptors (Lipinski definition) is 5. The van der Waals surface area contributed by atoms with Crippen molar-refractivity contribution in [2.75, 3.05) is 6.61 Å². The molecule has 0 radical (unpaired) electrons. The van der Waals surface area contributed by atoms with E-state index in [-0.39, 0.29) is 24.9 Å². The molecule has 0 aliphatic heterocycles. The average molecular weight is 918 g/mol. The molecular formula is C60H103NO5. The standard InChI is InChI=1S/C60H103NO5/c1-4-7-10-13-16-19-22-25-28-30-31-33-36-39-42-45-48-51-56(66-60(65)53-50-47-44-41-38-35-32-29-26-23-20-17-14-11-8-5-2)54-59(64)61-57(55-62)58(63)52-49-46-43-40-37-34-27-24-21-18-15-12-9-6-3/h7-8,10-11,16-17,19-20,25-26,28-29,31,33,39,42,56-58,62-63H,4-6,9,12-15,18,21-24,27,30,32,34-38,40-41,43-55H2,1-3H3,(H,61,64)/b10-7-,11-8+,19-16-,20-17+,28-25-,29-26+,33-31-,42-39-. The molecule has 0 aromatic rings. The maximum Gasteiger partial charge on any atom is 0.306 e. The number of allylic oxidation sites excluding steroid dienone is 16. The molecule has 0 spiro atoms. The Morgan fingerprint density at radius 2 is 0.833 bits per heavy atom. The quantitative estimate of drug-likeness (QED) is 0.0321. The molecule has 6 heteroatoms. The normalized spacial score (nSPS) is 14.0. The van der Waals surface area contributed by atoms with E-state index in [0.717, 1.165) is 109 Å². The van der Waals surface area contributed by atoms with Crippen LogP contribution in [0.2, 0.25) is 0 Å². The number of ether oxygens (including phenoxy) is 1. The molecule has 378 valence electrons. The van der Waals surface area contributed by atoms with Gasteiger partial charge in [-0.2, -0.15) is 0 Å². The highest BCUT2D eigenvalue weighted by Gasteiger charge is 2.24. The van der Waals surface area contributed by atoms with Crippen LogP contribution in [-0.4, -0.2) is 46.9 Å². The van der Waals surface area contributed by atoms with Crippen LogP contribution < -0.4 is 5.32 Å². The molecule has 0 aliphatic rings. The van der Waals surface area contributed by atoms with Crippen molar-refractivity contribution in [3.05, 3.63) is 97.2 Å². The molecule has 0 aromatic carbocycles. The van der Waals surface area contributed by atoms with Crippen molar-refractivity contribution in [2.45, 2.75) is 264 Å². The summed E-state index contributed by atoms with van der Waals surface area (Å²) >= 11 is 0. The maximum atomic E-state index is 13.2. The molecule has 66 heavy (non-hydrogen) atoms. The second-order valence-electron chi connectivity index (χ2n) is 18.2. The maximum absolute atomic E-state index is 13.2. The second-order valence-corrected chi connectivity index (χ2v) is 18.2. The molecule has 0 fully saturated rings. The van der Waals surface area contributed by atoms with Gasteiger partial charge in [-0.1, -0.05) is 234 Å². The van der Waals surface area contributed by atoms with Gasteiger partial charge in [0.25, 0.3) is 0 Å². The lowest BCUT2D eigenvalue weighted by Crippen LogP contribution is -2.46. The number of aliphatic hydroxyl groups excluding tert-OH is 2. The van der Waals surface area contributed by atoms with E-state index in [1.807, 2.05) is 0 Å². The van der Waals surface area contributed by atoms with Gasteiger partial charge in [-0.05, 0) is 96.3 Å². The molecule has 1 amide bonds. The van der Waals surface area contributed by atoms with Crippen LogP contribution in [0.5, 0.6) is 0 Å². The van der Waals surface area contributed by atoms with Crippen molar-refractivity contribution < 1.29 is 24.5 Å². The summed E-state index contributed by atoms with van der Waals surface area (Å²) in [4.78, 5) is 26.2. The van der Waals surface area contributed by atoms with Crippen molar-refractivity contribution in [3.63, 3.8) is 0 Å². The van der Waals surface area contributed by atoms with Gasteiger partial charge in [0.15, 0.2) is 0 Å². The first kappa shape index (κ1) is 62.8. The topological polar surface area (TPSA) is 95.9 Å². The Labute approximate surface area is 407 Å². The Hall–Kier alpha value is -3.22. The third kappa shape index (κ3) is 47.3. The Morgan fingerprint density at radius 3 is 1.27 bits per heavy atom. The smallest absolute Gasteiger partial charge is 0.306 e. The molecule has 3 atom stereocenters. The number of hydrogen-bond donors (Lipinski definition) is 3. The van der Waals surface area contributed by atoms with Gasteiger partial charge < -0.3 is 20.3 Å². The summed E-state index contributed by atoms with van der Waals surface area (Å²) in [6, 6.07) is -0.728. The van der Waals surface area contributed by atoms with E-state index in [2.05, 4.69) is 123 Å². The number of carbonyl (C=O) groups is 2. The lowest BCUT2D eigenvalue weighted by atomic mass is 10.0. The van der Waals surface area contributed by atoms with Gasteiger partial charge in [-0.25, -0.2) is 0 Å². The first-order valence-electron chi connectivity index (χ1n) is 27.5. The molecule has 6 nitrogen and oxygen atoms in total. The molecule has 0 saturated heterocycles. The van der Waals surface area contributed by atoms with Crippen molar-refractivity contribution in [2.24, 2.45) is 0 Å². The number of esters is 1. The molecule has 0 heterocycles. The van der Waals surface area contributed by atoms with Gasteiger partial charge in [0.05, 0.1) is 25.2 Å². The van der Waals surface area contributed by atoms with E-state index in [0.29, 0.717) is 19.3 Å². The van der Waals surface area contributed by atoms with Gasteiger partial charge in [-0.3, -0.25) is 9.59 Å². The summed E-state index contributed by atoms with van der Waals surface area (Å²) in [5.41, 5.74) is 0. The molecule has 0 rings (SSSR count). The average Bonchev–Trinajstić information content (AvgIpc) is 3.31. The number of amides is 1. The fourth-order valence-electron chi connectivity index (χ4n) is 7.83. The number of carbonyl (C=O) groups excluding carboxylic acids is 2. The SMILES string of the molecule is CC/C=C\C/C=C\C/C=C\C/C=C\C/C=C\CCCC(CC(=O)NC(CO)C(O)CCCCCCCCCCCCCCCC)OC(=O)CCCCCCCC/C=C/C/C=C/C/C=C/CC. The number of unbranched alkanes of at least 4 members (excludes halogenated alkanes) is 20. The number of aliphatic hydroxyl groups is 2. The predicted octanol–water partition coefficient (Wildman–Crippen LogP) is 16.9. The van der Waals surface area contributed by atoms with Crippen LogP contribution >= 0.6 is 0 Å². The third-order valence-corrected chi connectivity index (χ3v) is 11.9. The van der Waals surface area contributed by atoms with E-state index in [1.54, 1.807) is 0 Å². The van der Waals surface area contributed by atoms with Crippen LogP contribution in [-0.2, 0) is 14.3 Å².